The summed E-state index contributed by atoms with van der Waals surface area (Å²) in [5.41, 5.74) is 3.78. The number of aromatic nitrogens is 4. The lowest BCUT2D eigenvalue weighted by Gasteiger charge is -2.36. The van der Waals surface area contributed by atoms with Crippen molar-refractivity contribution < 1.29 is 0 Å². The fourth-order valence-corrected chi connectivity index (χ4v) is 3.59. The third kappa shape index (κ3) is 3.58. The average Bonchev–Trinajstić information content (AvgIpc) is 3.15. The quantitative estimate of drug-likeness (QED) is 0.892. The maximum atomic E-state index is 4.32. The second-order valence-electron chi connectivity index (χ2n) is 6.41. The third-order valence-electron chi connectivity index (χ3n) is 4.93. The Labute approximate surface area is 132 Å². The molecule has 1 aliphatic rings. The summed E-state index contributed by atoms with van der Waals surface area (Å²) in [4.78, 5) is 2.68. The van der Waals surface area contributed by atoms with E-state index in [1.165, 1.54) is 43.5 Å². The van der Waals surface area contributed by atoms with Crippen LogP contribution in [0.1, 0.15) is 42.6 Å². The summed E-state index contributed by atoms with van der Waals surface area (Å²) < 4.78 is 2.05. The summed E-state index contributed by atoms with van der Waals surface area (Å²) in [6, 6.07) is 2.70. The highest BCUT2D eigenvalue weighted by atomic mass is 15.3. The van der Waals surface area contributed by atoms with Crippen LogP contribution in [-0.4, -0.2) is 44.0 Å². The van der Waals surface area contributed by atoms with Crippen molar-refractivity contribution in [3.8, 4) is 0 Å². The Morgan fingerprint density at radius 1 is 1.27 bits per heavy atom. The molecule has 1 saturated heterocycles. The highest BCUT2D eigenvalue weighted by Gasteiger charge is 2.22. The normalized spacial score (nSPS) is 19.6. The Balaban J connectivity index is 1.55. The van der Waals surface area contributed by atoms with Crippen LogP contribution in [0.4, 0.5) is 0 Å². The Hall–Kier alpha value is -1.62. The summed E-state index contributed by atoms with van der Waals surface area (Å²) in [6.45, 7) is 7.63. The van der Waals surface area contributed by atoms with E-state index in [0.717, 1.165) is 25.2 Å². The Bertz CT molecular complexity index is 552. The molecular weight excluding hydrogens is 274 g/mol. The number of rotatable bonds is 6. The molecule has 2 aromatic rings. The van der Waals surface area contributed by atoms with Gasteiger partial charge < -0.3 is 0 Å². The van der Waals surface area contributed by atoms with Crippen LogP contribution in [0.25, 0.3) is 0 Å². The Morgan fingerprint density at radius 3 is 2.91 bits per heavy atom. The first-order valence-corrected chi connectivity index (χ1v) is 8.46. The Morgan fingerprint density at radius 2 is 2.18 bits per heavy atom. The first-order chi connectivity index (χ1) is 10.7. The maximum Gasteiger partial charge on any atom is 0.0626 e. The molecule has 0 bridgehead atoms. The molecule has 3 rings (SSSR count). The minimum absolute atomic E-state index is 0.700. The van der Waals surface area contributed by atoms with E-state index >= 15 is 0 Å². The van der Waals surface area contributed by atoms with Crippen molar-refractivity contribution in [1.29, 1.82) is 0 Å². The van der Waals surface area contributed by atoms with E-state index in [9.17, 15) is 0 Å². The number of likely N-dealkylation sites (tertiary alicyclic amines) is 1. The second kappa shape index (κ2) is 7.09. The van der Waals surface area contributed by atoms with Gasteiger partial charge in [-0.15, -0.1) is 0 Å². The van der Waals surface area contributed by atoms with E-state index in [0.29, 0.717) is 6.04 Å². The fraction of sp³-hybridized carbons (Fsp3) is 0.647. The number of nitrogens with zero attached hydrogens (tertiary/aromatic N) is 4. The molecular formula is C17H27N5. The number of piperidine rings is 1. The number of aryl methyl sites for hydroxylation is 3. The van der Waals surface area contributed by atoms with Crippen LogP contribution in [-0.2, 0) is 13.0 Å². The van der Waals surface area contributed by atoms with Crippen molar-refractivity contribution in [1.82, 2.24) is 24.9 Å². The number of nitrogens with one attached hydrogen (secondary N) is 1. The van der Waals surface area contributed by atoms with Crippen molar-refractivity contribution in [2.24, 2.45) is 0 Å². The molecule has 5 heteroatoms. The molecule has 1 N–H and O–H groups in total. The van der Waals surface area contributed by atoms with Crippen LogP contribution < -0.4 is 0 Å². The fourth-order valence-electron chi connectivity index (χ4n) is 3.59. The zero-order chi connectivity index (χ0) is 15.4. The number of hydrogen-bond donors (Lipinski definition) is 1. The molecule has 1 fully saturated rings. The van der Waals surface area contributed by atoms with Gasteiger partial charge >= 0.3 is 0 Å². The van der Waals surface area contributed by atoms with Crippen molar-refractivity contribution in [2.75, 3.05) is 13.1 Å². The molecule has 1 aliphatic heterocycles. The van der Waals surface area contributed by atoms with Gasteiger partial charge in [-0.1, -0.05) is 6.42 Å². The van der Waals surface area contributed by atoms with Gasteiger partial charge in [-0.25, -0.2) is 0 Å². The SMILES string of the molecule is Cc1n[nH]c(C)c1CCN1CCCCC1CCn1cccn1. The van der Waals surface area contributed by atoms with Gasteiger partial charge in [0.05, 0.1) is 5.69 Å². The molecule has 3 heterocycles. The van der Waals surface area contributed by atoms with Crippen molar-refractivity contribution in [2.45, 2.75) is 58.5 Å². The van der Waals surface area contributed by atoms with Crippen LogP contribution in [0.2, 0.25) is 0 Å². The summed E-state index contributed by atoms with van der Waals surface area (Å²) >= 11 is 0. The van der Waals surface area contributed by atoms with Crippen molar-refractivity contribution in [3.63, 3.8) is 0 Å². The van der Waals surface area contributed by atoms with Crippen LogP contribution in [0.3, 0.4) is 0 Å². The summed E-state index contributed by atoms with van der Waals surface area (Å²) in [7, 11) is 0. The van der Waals surface area contributed by atoms with Gasteiger partial charge in [0.15, 0.2) is 0 Å². The summed E-state index contributed by atoms with van der Waals surface area (Å²) in [6.07, 6.45) is 10.3. The molecule has 22 heavy (non-hydrogen) atoms. The smallest absolute Gasteiger partial charge is 0.0626 e. The molecule has 1 unspecified atom stereocenters. The van der Waals surface area contributed by atoms with Gasteiger partial charge in [0.25, 0.3) is 0 Å². The summed E-state index contributed by atoms with van der Waals surface area (Å²) in [5.74, 6) is 0. The highest BCUT2D eigenvalue weighted by molar-refractivity contribution is 5.23. The van der Waals surface area contributed by atoms with E-state index in [-0.39, 0.29) is 0 Å². The maximum absolute atomic E-state index is 4.32. The molecule has 2 aromatic heterocycles. The van der Waals surface area contributed by atoms with E-state index in [1.54, 1.807) is 0 Å². The van der Waals surface area contributed by atoms with Crippen LogP contribution >= 0.6 is 0 Å². The lowest BCUT2D eigenvalue weighted by molar-refractivity contribution is 0.136. The topological polar surface area (TPSA) is 49.7 Å². The van der Waals surface area contributed by atoms with Crippen molar-refractivity contribution >= 4 is 0 Å². The first kappa shape index (κ1) is 15.3. The van der Waals surface area contributed by atoms with Gasteiger partial charge in [-0.05, 0) is 57.7 Å². The number of hydrogen-bond acceptors (Lipinski definition) is 3. The van der Waals surface area contributed by atoms with Crippen LogP contribution in [0.5, 0.6) is 0 Å². The second-order valence-corrected chi connectivity index (χ2v) is 6.41. The molecule has 0 spiro atoms. The first-order valence-electron chi connectivity index (χ1n) is 8.46. The van der Waals surface area contributed by atoms with E-state index < -0.39 is 0 Å². The summed E-state index contributed by atoms with van der Waals surface area (Å²) in [5, 5.41) is 11.7. The highest BCUT2D eigenvalue weighted by Crippen LogP contribution is 2.21. The van der Waals surface area contributed by atoms with Crippen molar-refractivity contribution in [3.05, 3.63) is 35.4 Å². The van der Waals surface area contributed by atoms with Crippen LogP contribution in [0, 0.1) is 13.8 Å². The number of H-pyrrole nitrogens is 1. The average molecular weight is 301 g/mol. The number of aromatic amines is 1. The van der Waals surface area contributed by atoms with Crippen LogP contribution in [0.15, 0.2) is 18.5 Å². The minimum atomic E-state index is 0.700. The minimum Gasteiger partial charge on any atom is -0.300 e. The molecule has 0 radical (unpaired) electrons. The van der Waals surface area contributed by atoms with E-state index in [4.69, 9.17) is 0 Å². The van der Waals surface area contributed by atoms with Gasteiger partial charge in [0.2, 0.25) is 0 Å². The monoisotopic (exact) mass is 301 g/mol. The van der Waals surface area contributed by atoms with Gasteiger partial charge in [0.1, 0.15) is 0 Å². The third-order valence-corrected chi connectivity index (χ3v) is 4.93. The molecule has 0 saturated carbocycles. The van der Waals surface area contributed by atoms with Gasteiger partial charge in [0, 0.05) is 37.2 Å². The zero-order valence-electron chi connectivity index (χ0n) is 13.8. The molecule has 0 amide bonds. The Kier molecular flexibility index (Phi) is 4.93. The standard InChI is InChI=1S/C17H27N5/c1-14-17(15(2)20-19-14)8-12-21-10-4-3-6-16(21)7-13-22-11-5-9-18-22/h5,9,11,16H,3-4,6-8,10,12-13H2,1-2H3,(H,19,20). The van der Waals surface area contributed by atoms with E-state index in [2.05, 4.69) is 44.9 Å². The predicted octanol–water partition coefficient (Wildman–Crippen LogP) is 2.71. The lowest BCUT2D eigenvalue weighted by atomic mass is 9.98. The molecule has 0 aromatic carbocycles. The molecule has 120 valence electrons. The largest absolute Gasteiger partial charge is 0.300 e. The van der Waals surface area contributed by atoms with Gasteiger partial charge in [-0.3, -0.25) is 14.7 Å². The molecule has 1 atom stereocenters. The zero-order valence-corrected chi connectivity index (χ0v) is 13.8. The predicted molar refractivity (Wildman–Crippen MR) is 87.8 cm³/mol. The molecule has 5 nitrogen and oxygen atoms in total. The van der Waals surface area contributed by atoms with E-state index in [1.807, 2.05) is 12.3 Å². The van der Waals surface area contributed by atoms with Gasteiger partial charge in [-0.2, -0.15) is 10.2 Å². The molecule has 0 aliphatic carbocycles. The lowest BCUT2D eigenvalue weighted by Crippen LogP contribution is -2.41.